The van der Waals surface area contributed by atoms with Crippen molar-refractivity contribution in [3.05, 3.63) is 65.0 Å². The number of carbonyl (C=O) groups excluding carboxylic acids is 1. The molecule has 1 unspecified atom stereocenters. The maximum absolute atomic E-state index is 14.1. The molecule has 0 saturated carbocycles. The Morgan fingerprint density at radius 3 is 2.38 bits per heavy atom. The zero-order valence-electron chi connectivity index (χ0n) is 22.8. The predicted octanol–water partition coefficient (Wildman–Crippen LogP) is 5.07. The Kier molecular flexibility index (Phi) is 9.44. The number of hydrogen-bond acceptors (Lipinski definition) is 7. The van der Waals surface area contributed by atoms with Crippen LogP contribution in [0.4, 0.5) is 5.69 Å². The smallest absolute Gasteiger partial charge is 0.349 e. The van der Waals surface area contributed by atoms with Gasteiger partial charge in [-0.2, -0.15) is 0 Å². The van der Waals surface area contributed by atoms with Gasteiger partial charge in [0.25, 0.3) is 5.91 Å². The van der Waals surface area contributed by atoms with Crippen molar-refractivity contribution in [3.8, 4) is 21.9 Å². The Balaban J connectivity index is 1.68. The van der Waals surface area contributed by atoms with Gasteiger partial charge in [-0.05, 0) is 76.5 Å². The van der Waals surface area contributed by atoms with Gasteiger partial charge in [0.05, 0.1) is 0 Å². The first-order chi connectivity index (χ1) is 19.2. The Morgan fingerprint density at radius 1 is 1.05 bits per heavy atom. The number of carbonyl (C=O) groups is 3. The summed E-state index contributed by atoms with van der Waals surface area (Å²) in [7, 11) is 0. The SMILES string of the molecule is Cc1c(-c2cccc(OC(C(=O)N(c3ccccc3)C(C)C)C3CCNCC3)c2)sc(C(=O)O)c1OCC(=O)O. The fourth-order valence-corrected chi connectivity index (χ4v) is 6.07. The molecule has 2 heterocycles. The lowest BCUT2D eigenvalue weighted by Crippen LogP contribution is -2.50. The number of rotatable bonds is 11. The number of para-hydroxylation sites is 1. The summed E-state index contributed by atoms with van der Waals surface area (Å²) in [6.45, 7) is 6.62. The molecule has 2 aromatic carbocycles. The van der Waals surface area contributed by atoms with Crippen molar-refractivity contribution in [2.24, 2.45) is 5.92 Å². The summed E-state index contributed by atoms with van der Waals surface area (Å²) < 4.78 is 11.8. The van der Waals surface area contributed by atoms with Crippen molar-refractivity contribution >= 4 is 34.9 Å². The van der Waals surface area contributed by atoms with E-state index in [0.717, 1.165) is 43.0 Å². The van der Waals surface area contributed by atoms with Crippen LogP contribution in [0.5, 0.6) is 11.5 Å². The van der Waals surface area contributed by atoms with Gasteiger partial charge in [0.15, 0.2) is 17.6 Å². The number of aromatic carboxylic acids is 1. The molecule has 9 nitrogen and oxygen atoms in total. The van der Waals surface area contributed by atoms with Crippen LogP contribution < -0.4 is 19.7 Å². The lowest BCUT2D eigenvalue weighted by atomic mass is 9.90. The highest BCUT2D eigenvalue weighted by atomic mass is 32.1. The molecule has 10 heteroatoms. The molecule has 1 aliphatic rings. The van der Waals surface area contributed by atoms with Gasteiger partial charge < -0.3 is 29.9 Å². The van der Waals surface area contributed by atoms with Crippen LogP contribution >= 0.6 is 11.3 Å². The van der Waals surface area contributed by atoms with Crippen LogP contribution in [0.15, 0.2) is 54.6 Å². The molecule has 1 saturated heterocycles. The van der Waals surface area contributed by atoms with Crippen LogP contribution in [0.1, 0.15) is 41.9 Å². The third kappa shape index (κ3) is 6.63. The quantitative estimate of drug-likeness (QED) is 0.294. The van der Waals surface area contributed by atoms with Gasteiger partial charge in [0.2, 0.25) is 0 Å². The molecule has 0 radical (unpaired) electrons. The fraction of sp³-hybridized carbons (Fsp3) is 0.367. The highest BCUT2D eigenvalue weighted by Crippen LogP contribution is 2.42. The van der Waals surface area contributed by atoms with Crippen LogP contribution in [0.25, 0.3) is 10.4 Å². The highest BCUT2D eigenvalue weighted by Gasteiger charge is 2.36. The number of carboxylic acid groups (broad SMARTS) is 2. The number of aliphatic carboxylic acids is 1. The first kappa shape index (κ1) is 29.1. The molecule has 0 aliphatic carbocycles. The van der Waals surface area contributed by atoms with E-state index in [1.807, 2.05) is 50.2 Å². The molecule has 0 spiro atoms. The normalized spacial score (nSPS) is 14.5. The second-order valence-electron chi connectivity index (χ2n) is 9.99. The van der Waals surface area contributed by atoms with E-state index in [-0.39, 0.29) is 28.5 Å². The largest absolute Gasteiger partial charge is 0.480 e. The number of piperidine rings is 1. The van der Waals surface area contributed by atoms with E-state index in [9.17, 15) is 19.5 Å². The van der Waals surface area contributed by atoms with E-state index in [2.05, 4.69) is 5.32 Å². The number of thiophene rings is 1. The Labute approximate surface area is 237 Å². The van der Waals surface area contributed by atoms with E-state index in [1.54, 1.807) is 30.0 Å². The van der Waals surface area contributed by atoms with E-state index in [0.29, 0.717) is 21.8 Å². The second-order valence-corrected chi connectivity index (χ2v) is 11.0. The molecule has 40 heavy (non-hydrogen) atoms. The number of ether oxygens (including phenoxy) is 2. The molecule has 4 rings (SSSR count). The number of nitrogens with zero attached hydrogens (tertiary/aromatic N) is 1. The topological polar surface area (TPSA) is 125 Å². The minimum Gasteiger partial charge on any atom is -0.480 e. The number of amides is 1. The van der Waals surface area contributed by atoms with Crippen LogP contribution in [0.3, 0.4) is 0 Å². The zero-order valence-corrected chi connectivity index (χ0v) is 23.6. The minimum absolute atomic E-state index is 0.0143. The van der Waals surface area contributed by atoms with E-state index in [4.69, 9.17) is 14.6 Å². The zero-order chi connectivity index (χ0) is 28.8. The summed E-state index contributed by atoms with van der Waals surface area (Å²) in [6, 6.07) is 16.7. The van der Waals surface area contributed by atoms with Gasteiger partial charge in [-0.1, -0.05) is 30.3 Å². The molecule has 212 valence electrons. The van der Waals surface area contributed by atoms with Gasteiger partial charge in [0, 0.05) is 28.1 Å². The van der Waals surface area contributed by atoms with Crippen molar-refractivity contribution in [1.82, 2.24) is 5.32 Å². The standard InChI is InChI=1S/C30H34N2O7S/c1-18(2)32(22-9-5-4-6-10-22)29(35)26(20-12-14-31-15-13-20)39-23-11-7-8-21(16-23)27-19(3)25(38-17-24(33)34)28(40-27)30(36)37/h4-11,16,18,20,26,31H,12-15,17H2,1-3H3,(H,33,34)(H,36,37). The maximum atomic E-state index is 14.1. The summed E-state index contributed by atoms with van der Waals surface area (Å²) in [4.78, 5) is 39.3. The molecule has 1 aromatic heterocycles. The first-order valence-corrected chi connectivity index (χ1v) is 14.1. The summed E-state index contributed by atoms with van der Waals surface area (Å²) in [5, 5.41) is 22.1. The van der Waals surface area contributed by atoms with Crippen molar-refractivity contribution in [2.45, 2.75) is 45.8 Å². The highest BCUT2D eigenvalue weighted by molar-refractivity contribution is 7.18. The molecule has 1 fully saturated rings. The summed E-state index contributed by atoms with van der Waals surface area (Å²) in [5.41, 5.74) is 2.03. The monoisotopic (exact) mass is 566 g/mol. The van der Waals surface area contributed by atoms with Gasteiger partial charge in [-0.25, -0.2) is 9.59 Å². The number of carboxylic acids is 2. The predicted molar refractivity (Wildman–Crippen MR) is 154 cm³/mol. The summed E-state index contributed by atoms with van der Waals surface area (Å²) in [5.74, 6) is -1.95. The average molecular weight is 567 g/mol. The molecule has 1 aliphatic heterocycles. The summed E-state index contributed by atoms with van der Waals surface area (Å²) in [6.07, 6.45) is 0.883. The van der Waals surface area contributed by atoms with Gasteiger partial charge in [0.1, 0.15) is 11.5 Å². The van der Waals surface area contributed by atoms with Gasteiger partial charge in [-0.3, -0.25) is 4.79 Å². The number of benzene rings is 2. The van der Waals surface area contributed by atoms with Crippen LogP contribution in [-0.4, -0.2) is 59.9 Å². The summed E-state index contributed by atoms with van der Waals surface area (Å²) >= 11 is 1.01. The second kappa shape index (κ2) is 13.0. The molecule has 3 N–H and O–H groups in total. The molecular formula is C30H34N2O7S. The number of hydrogen-bond donors (Lipinski definition) is 3. The first-order valence-electron chi connectivity index (χ1n) is 13.2. The van der Waals surface area contributed by atoms with E-state index >= 15 is 0 Å². The fourth-order valence-electron chi connectivity index (χ4n) is 4.98. The van der Waals surface area contributed by atoms with Crippen molar-refractivity contribution in [1.29, 1.82) is 0 Å². The van der Waals surface area contributed by atoms with Crippen LogP contribution in [-0.2, 0) is 9.59 Å². The average Bonchev–Trinajstić information content (AvgIpc) is 3.28. The molecule has 1 atom stereocenters. The van der Waals surface area contributed by atoms with Gasteiger partial charge >= 0.3 is 11.9 Å². The van der Waals surface area contributed by atoms with E-state index in [1.165, 1.54) is 0 Å². The van der Waals surface area contributed by atoms with E-state index < -0.39 is 24.6 Å². The molecular weight excluding hydrogens is 532 g/mol. The van der Waals surface area contributed by atoms with Crippen LogP contribution in [0.2, 0.25) is 0 Å². The Morgan fingerprint density at radius 2 is 1.75 bits per heavy atom. The van der Waals surface area contributed by atoms with Crippen molar-refractivity contribution < 1.29 is 34.1 Å². The van der Waals surface area contributed by atoms with Crippen LogP contribution in [0, 0.1) is 12.8 Å². The molecule has 0 bridgehead atoms. The lowest BCUT2D eigenvalue weighted by molar-refractivity contribution is -0.139. The Hall–Kier alpha value is -3.89. The third-order valence-electron chi connectivity index (χ3n) is 6.83. The lowest BCUT2D eigenvalue weighted by Gasteiger charge is -2.36. The molecule has 1 amide bonds. The Bertz CT molecular complexity index is 1350. The minimum atomic E-state index is -1.20. The van der Waals surface area contributed by atoms with Crippen molar-refractivity contribution in [2.75, 3.05) is 24.6 Å². The third-order valence-corrected chi connectivity index (χ3v) is 8.14. The number of nitrogens with one attached hydrogen (secondary N) is 1. The van der Waals surface area contributed by atoms with Crippen molar-refractivity contribution in [3.63, 3.8) is 0 Å². The van der Waals surface area contributed by atoms with Gasteiger partial charge in [-0.15, -0.1) is 11.3 Å². The maximum Gasteiger partial charge on any atom is 0.349 e. The molecule has 3 aromatic rings. The number of anilines is 1.